The summed E-state index contributed by atoms with van der Waals surface area (Å²) in [6.45, 7) is 3.68. The van der Waals surface area contributed by atoms with E-state index in [1.807, 2.05) is 6.07 Å². The maximum absolute atomic E-state index is 11.7. The van der Waals surface area contributed by atoms with Gasteiger partial charge in [0, 0.05) is 31.4 Å². The van der Waals surface area contributed by atoms with Crippen LogP contribution in [0.5, 0.6) is 0 Å². The van der Waals surface area contributed by atoms with E-state index >= 15 is 0 Å². The van der Waals surface area contributed by atoms with Crippen molar-refractivity contribution < 1.29 is 4.52 Å². The van der Waals surface area contributed by atoms with E-state index in [-0.39, 0.29) is 5.56 Å². The molecule has 0 bridgehead atoms. The number of piperidine rings is 1. The van der Waals surface area contributed by atoms with E-state index in [4.69, 9.17) is 4.52 Å². The minimum Gasteiger partial charge on any atom is -0.364 e. The summed E-state index contributed by atoms with van der Waals surface area (Å²) in [4.78, 5) is 18.0. The molecule has 1 aliphatic rings. The van der Waals surface area contributed by atoms with Crippen molar-refractivity contribution in [3.05, 3.63) is 47.0 Å². The lowest BCUT2D eigenvalue weighted by atomic mass is 9.96. The average molecular weight is 274 g/mol. The Morgan fingerprint density at radius 3 is 2.85 bits per heavy atom. The van der Waals surface area contributed by atoms with E-state index in [2.05, 4.69) is 15.0 Å². The zero-order valence-electron chi connectivity index (χ0n) is 11.3. The highest BCUT2D eigenvalue weighted by atomic mass is 16.5. The van der Waals surface area contributed by atoms with Gasteiger partial charge in [0.15, 0.2) is 0 Å². The summed E-state index contributed by atoms with van der Waals surface area (Å²) in [6, 6.07) is 3.42. The van der Waals surface area contributed by atoms with Gasteiger partial charge in [0.05, 0.1) is 12.0 Å². The zero-order valence-corrected chi connectivity index (χ0v) is 11.3. The maximum Gasteiger partial charge on any atom is 0.253 e. The van der Waals surface area contributed by atoms with Crippen molar-refractivity contribution in [3.63, 3.8) is 0 Å². The lowest BCUT2D eigenvalue weighted by Crippen LogP contribution is -2.35. The SMILES string of the molecule is O=c1ccncn1CC1CCN(Cc2ccon2)CC1. The topological polar surface area (TPSA) is 64.2 Å². The quantitative estimate of drug-likeness (QED) is 0.836. The Hall–Kier alpha value is -1.95. The molecule has 0 radical (unpaired) electrons. The van der Waals surface area contributed by atoms with Crippen molar-refractivity contribution in [2.24, 2.45) is 5.92 Å². The first kappa shape index (κ1) is 13.1. The standard InChI is InChI=1S/C14H18N4O2/c19-14-1-5-15-11-18(14)9-12-2-6-17(7-3-12)10-13-4-8-20-16-13/h1,4-5,8,11-12H,2-3,6-7,9-10H2. The summed E-state index contributed by atoms with van der Waals surface area (Å²) in [6.07, 6.45) is 6.97. The van der Waals surface area contributed by atoms with Crippen molar-refractivity contribution in [2.75, 3.05) is 13.1 Å². The minimum absolute atomic E-state index is 0.0324. The first-order valence-corrected chi connectivity index (χ1v) is 6.93. The van der Waals surface area contributed by atoms with Gasteiger partial charge >= 0.3 is 0 Å². The van der Waals surface area contributed by atoms with Crippen molar-refractivity contribution in [1.82, 2.24) is 19.6 Å². The first-order chi connectivity index (χ1) is 9.81. The molecule has 2 aromatic rings. The van der Waals surface area contributed by atoms with Gasteiger partial charge in [0.1, 0.15) is 6.26 Å². The van der Waals surface area contributed by atoms with Crippen LogP contribution in [0.25, 0.3) is 0 Å². The number of hydrogen-bond donors (Lipinski definition) is 0. The third kappa shape index (κ3) is 3.14. The third-order valence-electron chi connectivity index (χ3n) is 3.83. The second kappa shape index (κ2) is 6.00. The summed E-state index contributed by atoms with van der Waals surface area (Å²) in [7, 11) is 0. The molecule has 6 heteroatoms. The van der Waals surface area contributed by atoms with Gasteiger partial charge in [-0.25, -0.2) is 4.98 Å². The number of aromatic nitrogens is 3. The zero-order chi connectivity index (χ0) is 13.8. The van der Waals surface area contributed by atoms with Crippen LogP contribution in [-0.2, 0) is 13.1 Å². The van der Waals surface area contributed by atoms with Crippen LogP contribution in [0.15, 0.2) is 40.2 Å². The molecule has 20 heavy (non-hydrogen) atoms. The molecule has 0 amide bonds. The Kier molecular flexibility index (Phi) is 3.92. The minimum atomic E-state index is 0.0324. The van der Waals surface area contributed by atoms with Gasteiger partial charge in [-0.2, -0.15) is 0 Å². The molecule has 1 aliphatic heterocycles. The monoisotopic (exact) mass is 274 g/mol. The van der Waals surface area contributed by atoms with E-state index in [1.165, 1.54) is 6.07 Å². The molecule has 0 N–H and O–H groups in total. The molecule has 6 nitrogen and oxygen atoms in total. The molecule has 1 fully saturated rings. The van der Waals surface area contributed by atoms with Gasteiger partial charge in [-0.15, -0.1) is 0 Å². The molecule has 3 heterocycles. The lowest BCUT2D eigenvalue weighted by molar-refractivity contribution is 0.163. The fourth-order valence-corrected chi connectivity index (χ4v) is 2.67. The molecule has 3 rings (SSSR count). The Labute approximate surface area is 117 Å². The molecular formula is C14H18N4O2. The van der Waals surface area contributed by atoms with E-state index < -0.39 is 0 Å². The molecule has 0 atom stereocenters. The Balaban J connectivity index is 1.51. The molecule has 0 spiro atoms. The van der Waals surface area contributed by atoms with Gasteiger partial charge in [-0.3, -0.25) is 14.3 Å². The van der Waals surface area contributed by atoms with Gasteiger partial charge in [0.25, 0.3) is 5.56 Å². The van der Waals surface area contributed by atoms with Crippen LogP contribution in [0, 0.1) is 5.92 Å². The molecule has 0 unspecified atom stereocenters. The van der Waals surface area contributed by atoms with E-state index in [9.17, 15) is 4.79 Å². The van der Waals surface area contributed by atoms with Crippen molar-refractivity contribution in [3.8, 4) is 0 Å². The predicted molar refractivity (Wildman–Crippen MR) is 73.0 cm³/mol. The van der Waals surface area contributed by atoms with Gasteiger partial charge in [0.2, 0.25) is 0 Å². The van der Waals surface area contributed by atoms with Crippen molar-refractivity contribution >= 4 is 0 Å². The first-order valence-electron chi connectivity index (χ1n) is 6.93. The van der Waals surface area contributed by atoms with Gasteiger partial charge in [-0.05, 0) is 31.8 Å². The highest BCUT2D eigenvalue weighted by molar-refractivity contribution is 4.95. The Bertz CT molecular complexity index is 585. The molecule has 2 aromatic heterocycles. The van der Waals surface area contributed by atoms with Crippen molar-refractivity contribution in [1.29, 1.82) is 0 Å². The molecule has 0 saturated carbocycles. The van der Waals surface area contributed by atoms with E-state index in [0.29, 0.717) is 5.92 Å². The van der Waals surface area contributed by atoms with E-state index in [0.717, 1.165) is 44.7 Å². The van der Waals surface area contributed by atoms with Crippen LogP contribution in [0.3, 0.4) is 0 Å². The summed E-state index contributed by atoms with van der Waals surface area (Å²) < 4.78 is 6.55. The van der Waals surface area contributed by atoms with E-state index in [1.54, 1.807) is 23.4 Å². The highest BCUT2D eigenvalue weighted by Crippen LogP contribution is 2.19. The van der Waals surface area contributed by atoms with Crippen LogP contribution < -0.4 is 5.56 Å². The summed E-state index contributed by atoms with van der Waals surface area (Å²) in [5.74, 6) is 0.547. The van der Waals surface area contributed by atoms with Crippen LogP contribution in [-0.4, -0.2) is 32.7 Å². The van der Waals surface area contributed by atoms with Crippen molar-refractivity contribution in [2.45, 2.75) is 25.9 Å². The van der Waals surface area contributed by atoms with Crippen LogP contribution >= 0.6 is 0 Å². The van der Waals surface area contributed by atoms with Gasteiger partial charge in [-0.1, -0.05) is 5.16 Å². The molecule has 0 aliphatic carbocycles. The number of nitrogens with zero attached hydrogens (tertiary/aromatic N) is 4. The molecular weight excluding hydrogens is 256 g/mol. The summed E-state index contributed by atoms with van der Waals surface area (Å²) >= 11 is 0. The number of likely N-dealkylation sites (tertiary alicyclic amines) is 1. The maximum atomic E-state index is 11.7. The normalized spacial score (nSPS) is 17.4. The second-order valence-electron chi connectivity index (χ2n) is 5.28. The number of rotatable bonds is 4. The lowest BCUT2D eigenvalue weighted by Gasteiger charge is -2.31. The Morgan fingerprint density at radius 2 is 2.15 bits per heavy atom. The summed E-state index contributed by atoms with van der Waals surface area (Å²) in [5.41, 5.74) is 1.01. The van der Waals surface area contributed by atoms with Crippen LogP contribution in [0.1, 0.15) is 18.5 Å². The van der Waals surface area contributed by atoms with Crippen LogP contribution in [0.2, 0.25) is 0 Å². The second-order valence-corrected chi connectivity index (χ2v) is 5.28. The third-order valence-corrected chi connectivity index (χ3v) is 3.83. The smallest absolute Gasteiger partial charge is 0.253 e. The highest BCUT2D eigenvalue weighted by Gasteiger charge is 2.20. The molecule has 106 valence electrons. The van der Waals surface area contributed by atoms with Crippen LogP contribution in [0.4, 0.5) is 0 Å². The molecule has 1 saturated heterocycles. The largest absolute Gasteiger partial charge is 0.364 e. The Morgan fingerprint density at radius 1 is 1.30 bits per heavy atom. The summed E-state index contributed by atoms with van der Waals surface area (Å²) in [5, 5.41) is 3.94. The molecule has 0 aromatic carbocycles. The average Bonchev–Trinajstić information content (AvgIpc) is 2.96. The predicted octanol–water partition coefficient (Wildman–Crippen LogP) is 1.14. The van der Waals surface area contributed by atoms with Gasteiger partial charge < -0.3 is 4.52 Å². The fraction of sp³-hybridized carbons (Fsp3) is 0.500. The number of hydrogen-bond acceptors (Lipinski definition) is 5. The fourth-order valence-electron chi connectivity index (χ4n) is 2.67.